The van der Waals surface area contributed by atoms with Crippen molar-refractivity contribution in [1.29, 1.82) is 0 Å². The SMILES string of the molecule is CCC(CCO)CNc1ncnc(Cl)c1Br. The molecule has 1 aromatic rings. The third kappa shape index (κ3) is 3.88. The van der Waals surface area contributed by atoms with Crippen molar-refractivity contribution in [2.75, 3.05) is 18.5 Å². The Bertz CT molecular complexity index is 338. The minimum atomic E-state index is 0.214. The normalized spacial score (nSPS) is 12.5. The van der Waals surface area contributed by atoms with Gasteiger partial charge in [-0.1, -0.05) is 24.9 Å². The Morgan fingerprint density at radius 3 is 2.94 bits per heavy atom. The predicted octanol–water partition coefficient (Wildman–Crippen LogP) is 2.71. The largest absolute Gasteiger partial charge is 0.396 e. The van der Waals surface area contributed by atoms with Crippen molar-refractivity contribution < 1.29 is 5.11 Å². The number of aromatic nitrogens is 2. The fraction of sp³-hybridized carbons (Fsp3) is 0.600. The van der Waals surface area contributed by atoms with Gasteiger partial charge in [0, 0.05) is 13.2 Å². The first-order valence-corrected chi connectivity index (χ1v) is 6.36. The summed E-state index contributed by atoms with van der Waals surface area (Å²) < 4.78 is 0.676. The molecule has 6 heteroatoms. The molecule has 1 rings (SSSR count). The number of rotatable bonds is 6. The number of aliphatic hydroxyl groups excluding tert-OH is 1. The molecule has 0 spiro atoms. The lowest BCUT2D eigenvalue weighted by atomic mass is 10.0. The molecule has 0 aliphatic carbocycles. The molecule has 0 saturated carbocycles. The summed E-state index contributed by atoms with van der Waals surface area (Å²) in [5.41, 5.74) is 0. The second-order valence-electron chi connectivity index (χ2n) is 3.49. The molecule has 90 valence electrons. The lowest BCUT2D eigenvalue weighted by Crippen LogP contribution is -2.16. The highest BCUT2D eigenvalue weighted by Gasteiger charge is 2.09. The Labute approximate surface area is 109 Å². The number of halogens is 2. The highest BCUT2D eigenvalue weighted by Crippen LogP contribution is 2.26. The molecule has 0 aromatic carbocycles. The first kappa shape index (κ1) is 13.7. The summed E-state index contributed by atoms with van der Waals surface area (Å²) in [5.74, 6) is 1.13. The minimum absolute atomic E-state index is 0.214. The Hall–Kier alpha value is -0.390. The van der Waals surface area contributed by atoms with Crippen molar-refractivity contribution in [3.8, 4) is 0 Å². The lowest BCUT2D eigenvalue weighted by Gasteiger charge is -2.15. The van der Waals surface area contributed by atoms with Gasteiger partial charge in [-0.25, -0.2) is 9.97 Å². The van der Waals surface area contributed by atoms with Crippen LogP contribution in [0.1, 0.15) is 19.8 Å². The van der Waals surface area contributed by atoms with Crippen LogP contribution in [0.5, 0.6) is 0 Å². The number of nitrogens with zero attached hydrogens (tertiary/aromatic N) is 2. The highest BCUT2D eigenvalue weighted by atomic mass is 79.9. The zero-order valence-electron chi connectivity index (χ0n) is 9.08. The van der Waals surface area contributed by atoms with Gasteiger partial charge in [-0.05, 0) is 28.3 Å². The van der Waals surface area contributed by atoms with Gasteiger partial charge >= 0.3 is 0 Å². The van der Waals surface area contributed by atoms with E-state index < -0.39 is 0 Å². The number of anilines is 1. The smallest absolute Gasteiger partial charge is 0.148 e. The zero-order chi connectivity index (χ0) is 12.0. The second-order valence-corrected chi connectivity index (χ2v) is 4.65. The monoisotopic (exact) mass is 307 g/mol. The topological polar surface area (TPSA) is 58.0 Å². The van der Waals surface area contributed by atoms with Gasteiger partial charge < -0.3 is 10.4 Å². The average molecular weight is 309 g/mol. The van der Waals surface area contributed by atoms with Crippen LogP contribution in [-0.4, -0.2) is 28.2 Å². The van der Waals surface area contributed by atoms with Gasteiger partial charge in [-0.15, -0.1) is 0 Å². The van der Waals surface area contributed by atoms with E-state index in [0.717, 1.165) is 19.4 Å². The van der Waals surface area contributed by atoms with Crippen LogP contribution >= 0.6 is 27.5 Å². The van der Waals surface area contributed by atoms with Crippen LogP contribution in [0.4, 0.5) is 5.82 Å². The quantitative estimate of drug-likeness (QED) is 0.793. The van der Waals surface area contributed by atoms with Crippen molar-refractivity contribution in [2.45, 2.75) is 19.8 Å². The molecule has 0 amide bonds. The van der Waals surface area contributed by atoms with Gasteiger partial charge in [0.25, 0.3) is 0 Å². The van der Waals surface area contributed by atoms with E-state index in [1.165, 1.54) is 6.33 Å². The minimum Gasteiger partial charge on any atom is -0.396 e. The van der Waals surface area contributed by atoms with Crippen LogP contribution in [0, 0.1) is 5.92 Å². The van der Waals surface area contributed by atoms with Crippen molar-refractivity contribution >= 4 is 33.3 Å². The third-order valence-corrected chi connectivity index (χ3v) is 3.69. The molecule has 0 aliphatic heterocycles. The van der Waals surface area contributed by atoms with E-state index in [-0.39, 0.29) is 6.61 Å². The summed E-state index contributed by atoms with van der Waals surface area (Å²) in [6.45, 7) is 3.08. The standard InChI is InChI=1S/C10H15BrClN3O/c1-2-7(3-4-16)5-13-10-8(11)9(12)14-6-15-10/h6-7,16H,2-5H2,1H3,(H,13,14,15). The van der Waals surface area contributed by atoms with E-state index >= 15 is 0 Å². The zero-order valence-corrected chi connectivity index (χ0v) is 11.4. The average Bonchev–Trinajstić information content (AvgIpc) is 2.29. The summed E-state index contributed by atoms with van der Waals surface area (Å²) in [7, 11) is 0. The van der Waals surface area contributed by atoms with Gasteiger partial charge in [-0.2, -0.15) is 0 Å². The first-order chi connectivity index (χ1) is 7.69. The van der Waals surface area contributed by atoms with Crippen LogP contribution < -0.4 is 5.32 Å². The molecule has 0 saturated heterocycles. The Balaban J connectivity index is 2.56. The number of aliphatic hydroxyl groups is 1. The van der Waals surface area contributed by atoms with E-state index in [1.54, 1.807) is 0 Å². The summed E-state index contributed by atoms with van der Waals surface area (Å²) in [6.07, 6.45) is 3.23. The summed E-state index contributed by atoms with van der Waals surface area (Å²) in [5, 5.41) is 12.5. The molecule has 2 N–H and O–H groups in total. The molecule has 1 aromatic heterocycles. The maximum atomic E-state index is 8.88. The molecular weight excluding hydrogens is 293 g/mol. The predicted molar refractivity (Wildman–Crippen MR) is 68.7 cm³/mol. The molecule has 0 fully saturated rings. The number of hydrogen-bond acceptors (Lipinski definition) is 4. The molecule has 1 unspecified atom stereocenters. The fourth-order valence-corrected chi connectivity index (χ4v) is 1.82. The highest BCUT2D eigenvalue weighted by molar-refractivity contribution is 9.10. The lowest BCUT2D eigenvalue weighted by molar-refractivity contribution is 0.258. The van der Waals surface area contributed by atoms with Crippen LogP contribution in [0.2, 0.25) is 5.15 Å². The molecule has 1 heterocycles. The molecule has 1 atom stereocenters. The Morgan fingerprint density at radius 2 is 2.31 bits per heavy atom. The molecule has 0 radical (unpaired) electrons. The van der Waals surface area contributed by atoms with Crippen molar-refractivity contribution in [2.24, 2.45) is 5.92 Å². The van der Waals surface area contributed by atoms with Gasteiger partial charge in [0.15, 0.2) is 0 Å². The van der Waals surface area contributed by atoms with Crippen LogP contribution in [-0.2, 0) is 0 Å². The summed E-state index contributed by atoms with van der Waals surface area (Å²) in [4.78, 5) is 7.94. The van der Waals surface area contributed by atoms with Gasteiger partial charge in [0.2, 0.25) is 0 Å². The summed E-state index contributed by atoms with van der Waals surface area (Å²) in [6, 6.07) is 0. The van der Waals surface area contributed by atoms with Crippen molar-refractivity contribution in [3.05, 3.63) is 16.0 Å². The molecule has 4 nitrogen and oxygen atoms in total. The van der Waals surface area contributed by atoms with Crippen molar-refractivity contribution in [1.82, 2.24) is 9.97 Å². The molecular formula is C10H15BrClN3O. The van der Waals surface area contributed by atoms with E-state index in [1.807, 2.05) is 0 Å². The van der Waals surface area contributed by atoms with Crippen molar-refractivity contribution in [3.63, 3.8) is 0 Å². The second kappa shape index (κ2) is 7.04. The van der Waals surface area contributed by atoms with Gasteiger partial charge in [0.1, 0.15) is 17.3 Å². The molecule has 0 bridgehead atoms. The molecule has 16 heavy (non-hydrogen) atoms. The van der Waals surface area contributed by atoms with E-state index in [2.05, 4.69) is 38.1 Å². The van der Waals surface area contributed by atoms with Crippen LogP contribution in [0.25, 0.3) is 0 Å². The maximum absolute atomic E-state index is 8.88. The maximum Gasteiger partial charge on any atom is 0.148 e. The number of hydrogen-bond donors (Lipinski definition) is 2. The number of nitrogens with one attached hydrogen (secondary N) is 1. The Kier molecular flexibility index (Phi) is 6.01. The molecule has 0 aliphatic rings. The fourth-order valence-electron chi connectivity index (χ4n) is 1.35. The van der Waals surface area contributed by atoms with Gasteiger partial charge in [0.05, 0.1) is 4.47 Å². The van der Waals surface area contributed by atoms with Crippen LogP contribution in [0.3, 0.4) is 0 Å². The Morgan fingerprint density at radius 1 is 1.56 bits per heavy atom. The van der Waals surface area contributed by atoms with E-state index in [9.17, 15) is 0 Å². The van der Waals surface area contributed by atoms with E-state index in [4.69, 9.17) is 16.7 Å². The van der Waals surface area contributed by atoms with Crippen LogP contribution in [0.15, 0.2) is 10.8 Å². The van der Waals surface area contributed by atoms with E-state index in [0.29, 0.717) is 21.4 Å². The third-order valence-electron chi connectivity index (χ3n) is 2.42. The van der Waals surface area contributed by atoms with Gasteiger partial charge in [-0.3, -0.25) is 0 Å². The first-order valence-electron chi connectivity index (χ1n) is 5.19. The summed E-state index contributed by atoms with van der Waals surface area (Å²) >= 11 is 9.17.